The molecule has 0 radical (unpaired) electrons. The van der Waals surface area contributed by atoms with E-state index in [2.05, 4.69) is 86.1 Å². The zero-order chi connectivity index (χ0) is 21.0. The highest BCUT2D eigenvalue weighted by Gasteiger charge is 2.21. The molecule has 0 spiro atoms. The molecule has 0 aliphatic heterocycles. The topological polar surface area (TPSA) is 0 Å². The number of rotatable bonds is 6. The quantitative estimate of drug-likeness (QED) is 0.342. The normalized spacial score (nSPS) is 18.1. The van der Waals surface area contributed by atoms with Crippen LogP contribution < -0.4 is 0 Å². The summed E-state index contributed by atoms with van der Waals surface area (Å²) in [7, 11) is 0. The Labute approximate surface area is 184 Å². The van der Waals surface area contributed by atoms with Crippen molar-refractivity contribution in [1.82, 2.24) is 0 Å². The molecule has 0 unspecified atom stereocenters. The second-order valence-corrected chi connectivity index (χ2v) is 8.71. The van der Waals surface area contributed by atoms with E-state index in [1.807, 2.05) is 0 Å². The maximum absolute atomic E-state index is 3.31. The highest BCUT2D eigenvalue weighted by atomic mass is 14.3. The van der Waals surface area contributed by atoms with E-state index in [1.54, 1.807) is 0 Å². The van der Waals surface area contributed by atoms with Crippen LogP contribution in [-0.2, 0) is 0 Å². The SMILES string of the molecule is CCCC#Cc1ccc(C#Cc2ccc(C3CCC(CCCCC)CC3)cc2)cc1. The van der Waals surface area contributed by atoms with Crippen molar-refractivity contribution in [1.29, 1.82) is 0 Å². The van der Waals surface area contributed by atoms with E-state index in [1.165, 1.54) is 56.9 Å². The van der Waals surface area contributed by atoms with Gasteiger partial charge >= 0.3 is 0 Å². The molecule has 3 rings (SSSR count). The lowest BCUT2D eigenvalue weighted by atomic mass is 9.77. The molecular formula is C30H36. The molecule has 0 amide bonds. The second kappa shape index (κ2) is 12.3. The van der Waals surface area contributed by atoms with Gasteiger partial charge in [0, 0.05) is 23.1 Å². The maximum Gasteiger partial charge on any atom is 0.0249 e. The van der Waals surface area contributed by atoms with Crippen LogP contribution in [0.3, 0.4) is 0 Å². The average molecular weight is 397 g/mol. The Morgan fingerprint density at radius 3 is 1.80 bits per heavy atom. The molecule has 0 bridgehead atoms. The van der Waals surface area contributed by atoms with E-state index in [0.717, 1.165) is 41.4 Å². The molecule has 1 saturated carbocycles. The summed E-state index contributed by atoms with van der Waals surface area (Å²) < 4.78 is 0. The van der Waals surface area contributed by atoms with Crippen LogP contribution in [0.25, 0.3) is 0 Å². The van der Waals surface area contributed by atoms with Gasteiger partial charge in [0.25, 0.3) is 0 Å². The Balaban J connectivity index is 1.52. The first-order valence-corrected chi connectivity index (χ1v) is 12.0. The van der Waals surface area contributed by atoms with Gasteiger partial charge in [-0.1, -0.05) is 75.3 Å². The lowest BCUT2D eigenvalue weighted by Crippen LogP contribution is -2.13. The van der Waals surface area contributed by atoms with Crippen LogP contribution in [-0.4, -0.2) is 0 Å². The first-order chi connectivity index (χ1) is 14.8. The number of unbranched alkanes of at least 4 members (excludes halogenated alkanes) is 3. The summed E-state index contributed by atoms with van der Waals surface area (Å²) in [5.41, 5.74) is 4.71. The molecule has 0 heteroatoms. The molecule has 0 nitrogen and oxygen atoms in total. The van der Waals surface area contributed by atoms with Gasteiger partial charge in [-0.2, -0.15) is 0 Å². The number of hydrogen-bond acceptors (Lipinski definition) is 0. The predicted molar refractivity (Wildman–Crippen MR) is 129 cm³/mol. The molecular weight excluding hydrogens is 360 g/mol. The van der Waals surface area contributed by atoms with Crippen LogP contribution in [0, 0.1) is 29.6 Å². The van der Waals surface area contributed by atoms with Crippen LogP contribution in [0.1, 0.15) is 106 Å². The van der Waals surface area contributed by atoms with Crippen LogP contribution in [0.15, 0.2) is 48.5 Å². The summed E-state index contributed by atoms with van der Waals surface area (Å²) in [6.07, 6.45) is 13.2. The maximum atomic E-state index is 3.31. The minimum Gasteiger partial charge on any atom is -0.0979 e. The van der Waals surface area contributed by atoms with Gasteiger partial charge in [0.1, 0.15) is 0 Å². The third kappa shape index (κ3) is 7.11. The van der Waals surface area contributed by atoms with Crippen molar-refractivity contribution in [2.75, 3.05) is 0 Å². The van der Waals surface area contributed by atoms with E-state index in [-0.39, 0.29) is 0 Å². The fourth-order valence-electron chi connectivity index (χ4n) is 4.38. The van der Waals surface area contributed by atoms with Gasteiger partial charge in [-0.15, -0.1) is 0 Å². The van der Waals surface area contributed by atoms with Gasteiger partial charge in [-0.25, -0.2) is 0 Å². The Hall–Kier alpha value is -2.44. The fourth-order valence-corrected chi connectivity index (χ4v) is 4.38. The Bertz CT molecular complexity index is 870. The van der Waals surface area contributed by atoms with Crippen molar-refractivity contribution in [2.45, 2.75) is 84.0 Å². The molecule has 2 aromatic rings. The van der Waals surface area contributed by atoms with Crippen LogP contribution in [0.4, 0.5) is 0 Å². The minimum atomic E-state index is 0.746. The van der Waals surface area contributed by atoms with Gasteiger partial charge < -0.3 is 0 Å². The molecule has 0 aromatic heterocycles. The first kappa shape index (κ1) is 22.2. The molecule has 1 aliphatic carbocycles. The summed E-state index contributed by atoms with van der Waals surface area (Å²) in [6.45, 7) is 4.45. The molecule has 2 aromatic carbocycles. The Kier molecular flexibility index (Phi) is 9.12. The van der Waals surface area contributed by atoms with Crippen LogP contribution >= 0.6 is 0 Å². The van der Waals surface area contributed by atoms with E-state index in [9.17, 15) is 0 Å². The molecule has 30 heavy (non-hydrogen) atoms. The summed E-state index contributed by atoms with van der Waals surface area (Å²) in [6, 6.07) is 17.3. The first-order valence-electron chi connectivity index (χ1n) is 12.0. The highest BCUT2D eigenvalue weighted by Crippen LogP contribution is 2.37. The van der Waals surface area contributed by atoms with E-state index in [4.69, 9.17) is 0 Å². The van der Waals surface area contributed by atoms with Gasteiger partial charge in [0.15, 0.2) is 0 Å². The standard InChI is InChI=1S/C30H36/c1-3-5-7-9-25-11-13-27(14-12-25)15-16-28-19-23-30(24-20-28)29-21-17-26(18-22-29)10-8-6-4-2/h11-14,19-20,23-24,26,29H,3-6,8,10,17-18,21-22H2,1-2H3. The molecule has 0 N–H and O–H groups in total. The molecule has 0 heterocycles. The smallest absolute Gasteiger partial charge is 0.0249 e. The fraction of sp³-hybridized carbons (Fsp3) is 0.467. The summed E-state index contributed by atoms with van der Waals surface area (Å²) in [5.74, 6) is 14.7. The molecule has 1 fully saturated rings. The van der Waals surface area contributed by atoms with Crippen molar-refractivity contribution in [3.05, 3.63) is 70.8 Å². The van der Waals surface area contributed by atoms with E-state index >= 15 is 0 Å². The van der Waals surface area contributed by atoms with Crippen molar-refractivity contribution in [3.63, 3.8) is 0 Å². The third-order valence-corrected chi connectivity index (χ3v) is 6.29. The predicted octanol–water partition coefficient (Wildman–Crippen LogP) is 8.09. The largest absolute Gasteiger partial charge is 0.0979 e. The number of benzene rings is 2. The summed E-state index contributed by atoms with van der Waals surface area (Å²) in [5, 5.41) is 0. The monoisotopic (exact) mass is 396 g/mol. The van der Waals surface area contributed by atoms with Crippen molar-refractivity contribution in [3.8, 4) is 23.7 Å². The number of hydrogen-bond donors (Lipinski definition) is 0. The van der Waals surface area contributed by atoms with E-state index < -0.39 is 0 Å². The zero-order valence-corrected chi connectivity index (χ0v) is 18.8. The molecule has 156 valence electrons. The highest BCUT2D eigenvalue weighted by molar-refractivity contribution is 5.46. The average Bonchev–Trinajstić information content (AvgIpc) is 2.80. The van der Waals surface area contributed by atoms with Gasteiger partial charge in [-0.3, -0.25) is 0 Å². The van der Waals surface area contributed by atoms with Crippen molar-refractivity contribution < 1.29 is 0 Å². The molecule has 0 atom stereocenters. The van der Waals surface area contributed by atoms with Gasteiger partial charge in [0.2, 0.25) is 0 Å². The van der Waals surface area contributed by atoms with Crippen LogP contribution in [0.2, 0.25) is 0 Å². The molecule has 1 aliphatic rings. The van der Waals surface area contributed by atoms with Gasteiger partial charge in [-0.05, 0) is 85.9 Å². The van der Waals surface area contributed by atoms with Gasteiger partial charge in [0.05, 0.1) is 0 Å². The van der Waals surface area contributed by atoms with Crippen molar-refractivity contribution in [2.24, 2.45) is 5.92 Å². The lowest BCUT2D eigenvalue weighted by molar-refractivity contribution is 0.303. The minimum absolute atomic E-state index is 0.746. The Morgan fingerprint density at radius 1 is 0.667 bits per heavy atom. The zero-order valence-electron chi connectivity index (χ0n) is 18.8. The molecule has 0 saturated heterocycles. The van der Waals surface area contributed by atoms with E-state index in [0.29, 0.717) is 0 Å². The third-order valence-electron chi connectivity index (χ3n) is 6.29. The van der Waals surface area contributed by atoms with Crippen molar-refractivity contribution >= 4 is 0 Å². The lowest BCUT2D eigenvalue weighted by Gasteiger charge is -2.29. The summed E-state index contributed by atoms with van der Waals surface area (Å²) in [4.78, 5) is 0. The second-order valence-electron chi connectivity index (χ2n) is 8.71. The van der Waals surface area contributed by atoms with Crippen LogP contribution in [0.5, 0.6) is 0 Å². The summed E-state index contributed by atoms with van der Waals surface area (Å²) >= 11 is 0. The Morgan fingerprint density at radius 2 is 1.23 bits per heavy atom.